The van der Waals surface area contributed by atoms with Gasteiger partial charge in [-0.2, -0.15) is 5.10 Å². The predicted octanol–water partition coefficient (Wildman–Crippen LogP) is 3.17. The van der Waals surface area contributed by atoms with Crippen molar-refractivity contribution in [2.45, 2.75) is 52.0 Å². The van der Waals surface area contributed by atoms with Gasteiger partial charge in [0.15, 0.2) is 0 Å². The zero-order valence-electron chi connectivity index (χ0n) is 15.6. The van der Waals surface area contributed by atoms with Gasteiger partial charge in [-0.05, 0) is 68.4 Å². The first-order chi connectivity index (χ1) is 12.0. The highest BCUT2D eigenvalue weighted by atomic mass is 16.5. The summed E-state index contributed by atoms with van der Waals surface area (Å²) in [6.07, 6.45) is 4.36. The topological polar surface area (TPSA) is 56.1 Å². The van der Waals surface area contributed by atoms with Crippen molar-refractivity contribution in [2.75, 3.05) is 7.11 Å². The number of aryl methyl sites for hydroxylation is 3. The molecule has 2 aromatic rings. The summed E-state index contributed by atoms with van der Waals surface area (Å²) in [4.78, 5) is 12.5. The summed E-state index contributed by atoms with van der Waals surface area (Å²) >= 11 is 0. The van der Waals surface area contributed by atoms with Crippen LogP contribution in [-0.2, 0) is 24.7 Å². The fraction of sp³-hybridized carbons (Fsp3) is 0.500. The summed E-state index contributed by atoms with van der Waals surface area (Å²) in [5.74, 6) is 0.990. The van der Waals surface area contributed by atoms with Crippen LogP contribution in [0, 0.1) is 13.8 Å². The number of benzene rings is 1. The number of nitrogens with zero attached hydrogens (tertiary/aromatic N) is 2. The molecule has 134 valence electrons. The van der Waals surface area contributed by atoms with E-state index in [0.29, 0.717) is 6.42 Å². The number of carbonyl (C=O) groups is 1. The van der Waals surface area contributed by atoms with Gasteiger partial charge in [0, 0.05) is 19.2 Å². The third-order valence-corrected chi connectivity index (χ3v) is 5.26. The summed E-state index contributed by atoms with van der Waals surface area (Å²) in [5, 5.41) is 7.64. The van der Waals surface area contributed by atoms with Crippen molar-refractivity contribution in [3.8, 4) is 5.75 Å². The number of hydrogen-bond acceptors (Lipinski definition) is 3. The molecule has 1 N–H and O–H groups in total. The third-order valence-electron chi connectivity index (χ3n) is 5.26. The first-order valence-corrected chi connectivity index (χ1v) is 8.95. The highest BCUT2D eigenvalue weighted by molar-refractivity contribution is 5.77. The molecular formula is C20H27N3O2. The van der Waals surface area contributed by atoms with Crippen LogP contribution in [-0.4, -0.2) is 22.8 Å². The molecule has 1 unspecified atom stereocenters. The molecule has 1 atom stereocenters. The number of hydrogen-bond donors (Lipinski definition) is 1. The van der Waals surface area contributed by atoms with Crippen molar-refractivity contribution in [2.24, 2.45) is 7.05 Å². The van der Waals surface area contributed by atoms with Crippen LogP contribution in [0.2, 0.25) is 0 Å². The lowest BCUT2D eigenvalue weighted by Crippen LogP contribution is -2.31. The molecule has 0 saturated heterocycles. The fourth-order valence-corrected chi connectivity index (χ4v) is 3.75. The number of rotatable bonds is 5. The lowest BCUT2D eigenvalue weighted by atomic mass is 9.87. The summed E-state index contributed by atoms with van der Waals surface area (Å²) in [6, 6.07) is 6.27. The van der Waals surface area contributed by atoms with Crippen molar-refractivity contribution >= 4 is 5.91 Å². The molecule has 1 amide bonds. The fourth-order valence-electron chi connectivity index (χ4n) is 3.75. The first-order valence-electron chi connectivity index (χ1n) is 8.95. The molecule has 1 aliphatic carbocycles. The lowest BCUT2D eigenvalue weighted by molar-refractivity contribution is -0.121. The van der Waals surface area contributed by atoms with Gasteiger partial charge in [0.25, 0.3) is 0 Å². The van der Waals surface area contributed by atoms with E-state index in [2.05, 4.69) is 29.5 Å². The summed E-state index contributed by atoms with van der Waals surface area (Å²) < 4.78 is 7.20. The van der Waals surface area contributed by atoms with Gasteiger partial charge in [0.1, 0.15) is 5.75 Å². The van der Waals surface area contributed by atoms with Crippen LogP contribution in [0.25, 0.3) is 0 Å². The van der Waals surface area contributed by atoms with Crippen LogP contribution in [0.1, 0.15) is 53.4 Å². The van der Waals surface area contributed by atoms with Crippen LogP contribution >= 0.6 is 0 Å². The summed E-state index contributed by atoms with van der Waals surface area (Å²) in [6.45, 7) is 4.06. The van der Waals surface area contributed by atoms with Crippen LogP contribution in [0.3, 0.4) is 0 Å². The van der Waals surface area contributed by atoms with E-state index in [-0.39, 0.29) is 11.9 Å². The Hall–Kier alpha value is -2.30. The largest absolute Gasteiger partial charge is 0.497 e. The number of methoxy groups -OCH3 is 1. The smallest absolute Gasteiger partial charge is 0.220 e. The maximum atomic E-state index is 12.5. The van der Waals surface area contributed by atoms with Gasteiger partial charge < -0.3 is 10.1 Å². The molecule has 0 spiro atoms. The summed E-state index contributed by atoms with van der Waals surface area (Å²) in [7, 11) is 3.63. The maximum absolute atomic E-state index is 12.5. The van der Waals surface area contributed by atoms with E-state index in [1.165, 1.54) is 16.7 Å². The molecule has 1 heterocycles. The van der Waals surface area contributed by atoms with E-state index in [1.54, 1.807) is 7.11 Å². The van der Waals surface area contributed by atoms with Crippen molar-refractivity contribution < 1.29 is 9.53 Å². The molecule has 3 rings (SSSR count). The summed E-state index contributed by atoms with van der Waals surface area (Å²) in [5.41, 5.74) is 5.86. The Balaban J connectivity index is 1.64. The van der Waals surface area contributed by atoms with E-state index >= 15 is 0 Å². The van der Waals surface area contributed by atoms with Crippen molar-refractivity contribution in [3.05, 3.63) is 46.3 Å². The average molecular weight is 341 g/mol. The highest BCUT2D eigenvalue weighted by Gasteiger charge is 2.22. The zero-order valence-corrected chi connectivity index (χ0v) is 15.6. The normalized spacial score (nSPS) is 16.4. The molecule has 0 aliphatic heterocycles. The maximum Gasteiger partial charge on any atom is 0.220 e. The van der Waals surface area contributed by atoms with E-state index in [9.17, 15) is 4.79 Å². The molecule has 1 aliphatic rings. The van der Waals surface area contributed by atoms with E-state index in [1.807, 2.05) is 24.7 Å². The van der Waals surface area contributed by atoms with Crippen LogP contribution in [0.5, 0.6) is 5.75 Å². The Labute approximate surface area is 149 Å². The standard InChI is InChI=1S/C20H27N3O2/c1-13-17(14(2)23(3)22-13)10-11-20(24)21-19-7-5-6-15-12-16(25-4)8-9-18(15)19/h8-9,12,19H,5-7,10-11H2,1-4H3,(H,21,24). The Morgan fingerprint density at radius 2 is 2.20 bits per heavy atom. The minimum atomic E-state index is 0.108. The highest BCUT2D eigenvalue weighted by Crippen LogP contribution is 2.32. The minimum absolute atomic E-state index is 0.108. The van der Waals surface area contributed by atoms with E-state index < -0.39 is 0 Å². The van der Waals surface area contributed by atoms with Crippen LogP contribution in [0.15, 0.2) is 18.2 Å². The molecule has 1 aromatic heterocycles. The average Bonchev–Trinajstić information content (AvgIpc) is 2.85. The Morgan fingerprint density at radius 3 is 2.88 bits per heavy atom. The monoisotopic (exact) mass is 341 g/mol. The van der Waals surface area contributed by atoms with E-state index in [4.69, 9.17) is 4.74 Å². The van der Waals surface area contributed by atoms with E-state index in [0.717, 1.165) is 42.8 Å². The molecular weight excluding hydrogens is 314 g/mol. The van der Waals surface area contributed by atoms with Gasteiger partial charge in [0.05, 0.1) is 18.8 Å². The zero-order chi connectivity index (χ0) is 18.0. The van der Waals surface area contributed by atoms with Crippen molar-refractivity contribution in [1.82, 2.24) is 15.1 Å². The lowest BCUT2D eigenvalue weighted by Gasteiger charge is -2.27. The molecule has 0 fully saturated rings. The molecule has 25 heavy (non-hydrogen) atoms. The molecule has 0 saturated carbocycles. The van der Waals surface area contributed by atoms with Gasteiger partial charge in [-0.3, -0.25) is 9.48 Å². The molecule has 0 radical (unpaired) electrons. The second-order valence-electron chi connectivity index (χ2n) is 6.85. The Kier molecular flexibility index (Phi) is 5.11. The number of amides is 1. The number of nitrogens with one attached hydrogen (secondary N) is 1. The minimum Gasteiger partial charge on any atom is -0.497 e. The van der Waals surface area contributed by atoms with Gasteiger partial charge in [-0.25, -0.2) is 0 Å². The Morgan fingerprint density at radius 1 is 1.40 bits per heavy atom. The molecule has 0 bridgehead atoms. The van der Waals surface area contributed by atoms with Gasteiger partial charge in [0.2, 0.25) is 5.91 Å². The van der Waals surface area contributed by atoms with Crippen LogP contribution in [0.4, 0.5) is 0 Å². The molecule has 5 heteroatoms. The van der Waals surface area contributed by atoms with Crippen LogP contribution < -0.4 is 10.1 Å². The van der Waals surface area contributed by atoms with Gasteiger partial charge in [-0.15, -0.1) is 0 Å². The number of aromatic nitrogens is 2. The molecule has 5 nitrogen and oxygen atoms in total. The predicted molar refractivity (Wildman–Crippen MR) is 97.8 cm³/mol. The quantitative estimate of drug-likeness (QED) is 0.909. The number of carbonyl (C=O) groups excluding carboxylic acids is 1. The van der Waals surface area contributed by atoms with Gasteiger partial charge in [-0.1, -0.05) is 6.07 Å². The molecule has 1 aromatic carbocycles. The third kappa shape index (κ3) is 3.70. The first kappa shape index (κ1) is 17.5. The SMILES string of the molecule is COc1ccc2c(c1)CCCC2NC(=O)CCc1c(C)nn(C)c1C. The van der Waals surface area contributed by atoms with Crippen molar-refractivity contribution in [1.29, 1.82) is 0 Å². The number of fused-ring (bicyclic) bond motifs is 1. The second-order valence-corrected chi connectivity index (χ2v) is 6.85. The Bertz CT molecular complexity index is 779. The van der Waals surface area contributed by atoms with Gasteiger partial charge >= 0.3 is 0 Å². The number of ether oxygens (including phenoxy) is 1. The second kappa shape index (κ2) is 7.30. The van der Waals surface area contributed by atoms with Crippen molar-refractivity contribution in [3.63, 3.8) is 0 Å².